The maximum atomic E-state index is 12.8. The first-order chi connectivity index (χ1) is 13.5. The fourth-order valence-electron chi connectivity index (χ4n) is 2.88. The molecule has 1 aliphatic rings. The molecule has 2 N–H and O–H groups in total. The number of amides is 2. The van der Waals surface area contributed by atoms with E-state index < -0.39 is 6.04 Å². The van der Waals surface area contributed by atoms with Gasteiger partial charge in [-0.3, -0.25) is 9.59 Å². The van der Waals surface area contributed by atoms with Crippen LogP contribution >= 0.6 is 11.6 Å². The van der Waals surface area contributed by atoms with Gasteiger partial charge in [0.25, 0.3) is 5.91 Å². The second kappa shape index (κ2) is 8.97. The van der Waals surface area contributed by atoms with Crippen molar-refractivity contribution in [3.63, 3.8) is 0 Å². The minimum Gasteiger partial charge on any atom is -0.454 e. The Morgan fingerprint density at radius 1 is 1.11 bits per heavy atom. The Labute approximate surface area is 169 Å². The normalized spacial score (nSPS) is 14.2. The molecule has 7 heteroatoms. The molecule has 2 unspecified atom stereocenters. The molecule has 0 aromatic heterocycles. The van der Waals surface area contributed by atoms with E-state index in [-0.39, 0.29) is 24.5 Å². The van der Waals surface area contributed by atoms with Gasteiger partial charge in [-0.15, -0.1) is 0 Å². The van der Waals surface area contributed by atoms with E-state index in [0.29, 0.717) is 28.6 Å². The van der Waals surface area contributed by atoms with E-state index in [4.69, 9.17) is 21.1 Å². The molecule has 0 radical (unpaired) electrons. The largest absolute Gasteiger partial charge is 0.454 e. The molecule has 1 heterocycles. The van der Waals surface area contributed by atoms with Gasteiger partial charge in [0.15, 0.2) is 11.5 Å². The summed E-state index contributed by atoms with van der Waals surface area (Å²) < 4.78 is 10.6. The van der Waals surface area contributed by atoms with Gasteiger partial charge in [0.2, 0.25) is 12.7 Å². The topological polar surface area (TPSA) is 76.7 Å². The van der Waals surface area contributed by atoms with E-state index in [1.165, 1.54) is 0 Å². The van der Waals surface area contributed by atoms with Gasteiger partial charge in [-0.05, 0) is 47.9 Å². The number of ether oxygens (including phenoxy) is 2. The van der Waals surface area contributed by atoms with E-state index in [1.54, 1.807) is 24.3 Å². The average molecular weight is 403 g/mol. The predicted molar refractivity (Wildman–Crippen MR) is 107 cm³/mol. The summed E-state index contributed by atoms with van der Waals surface area (Å²) in [6.45, 7) is 4.46. The van der Waals surface area contributed by atoms with Gasteiger partial charge in [-0.2, -0.15) is 0 Å². The molecule has 0 spiro atoms. The standard InChI is InChI=1S/C21H23ClN2O4/c1-3-13(2)19(24-20(25)15-5-7-16(22)8-6-15)21(26)23-11-14-4-9-17-18(10-14)28-12-27-17/h4-10,13,19H,3,11-12H2,1-2H3,(H,23,26)(H,24,25). The van der Waals surface area contributed by atoms with Crippen LogP contribution in [0.5, 0.6) is 11.5 Å². The summed E-state index contributed by atoms with van der Waals surface area (Å²) in [5, 5.41) is 6.29. The van der Waals surface area contributed by atoms with Crippen molar-refractivity contribution in [3.05, 3.63) is 58.6 Å². The molecule has 0 fully saturated rings. The summed E-state index contributed by atoms with van der Waals surface area (Å²) in [4.78, 5) is 25.3. The molecule has 0 aliphatic carbocycles. The summed E-state index contributed by atoms with van der Waals surface area (Å²) in [6, 6.07) is 11.5. The number of carbonyl (C=O) groups excluding carboxylic acids is 2. The molecule has 0 saturated heterocycles. The fourth-order valence-corrected chi connectivity index (χ4v) is 3.00. The van der Waals surface area contributed by atoms with Crippen LogP contribution in [0.25, 0.3) is 0 Å². The Kier molecular flexibility index (Phi) is 6.41. The smallest absolute Gasteiger partial charge is 0.251 e. The zero-order valence-corrected chi connectivity index (χ0v) is 16.6. The van der Waals surface area contributed by atoms with Gasteiger partial charge < -0.3 is 20.1 Å². The molecule has 2 aromatic rings. The lowest BCUT2D eigenvalue weighted by molar-refractivity contribution is -0.124. The van der Waals surface area contributed by atoms with Crippen LogP contribution < -0.4 is 20.1 Å². The summed E-state index contributed by atoms with van der Waals surface area (Å²) in [5.74, 6) is 0.812. The number of carbonyl (C=O) groups is 2. The van der Waals surface area contributed by atoms with Crippen molar-refractivity contribution in [2.75, 3.05) is 6.79 Å². The Morgan fingerprint density at radius 2 is 1.82 bits per heavy atom. The predicted octanol–water partition coefficient (Wildman–Crippen LogP) is 3.53. The SMILES string of the molecule is CCC(C)C(NC(=O)c1ccc(Cl)cc1)C(=O)NCc1ccc2c(c1)OCO2. The van der Waals surface area contributed by atoms with Gasteiger partial charge in [0, 0.05) is 17.1 Å². The summed E-state index contributed by atoms with van der Waals surface area (Å²) in [5.41, 5.74) is 1.35. The van der Waals surface area contributed by atoms with Crippen molar-refractivity contribution in [2.24, 2.45) is 5.92 Å². The third-order valence-electron chi connectivity index (χ3n) is 4.79. The molecular formula is C21H23ClN2O4. The zero-order chi connectivity index (χ0) is 20.1. The maximum absolute atomic E-state index is 12.8. The lowest BCUT2D eigenvalue weighted by Crippen LogP contribution is -2.50. The Morgan fingerprint density at radius 3 is 2.54 bits per heavy atom. The van der Waals surface area contributed by atoms with Crippen LogP contribution in [0.3, 0.4) is 0 Å². The molecule has 148 valence electrons. The number of nitrogens with one attached hydrogen (secondary N) is 2. The molecule has 1 aliphatic heterocycles. The molecule has 0 saturated carbocycles. The van der Waals surface area contributed by atoms with E-state index in [9.17, 15) is 9.59 Å². The first kappa shape index (κ1) is 20.0. The highest BCUT2D eigenvalue weighted by Gasteiger charge is 2.26. The van der Waals surface area contributed by atoms with Crippen molar-refractivity contribution in [2.45, 2.75) is 32.9 Å². The number of fused-ring (bicyclic) bond motifs is 1. The zero-order valence-electron chi connectivity index (χ0n) is 15.8. The van der Waals surface area contributed by atoms with E-state index in [0.717, 1.165) is 12.0 Å². The van der Waals surface area contributed by atoms with Crippen molar-refractivity contribution >= 4 is 23.4 Å². The molecule has 2 amide bonds. The van der Waals surface area contributed by atoms with Crippen LogP contribution in [-0.2, 0) is 11.3 Å². The highest BCUT2D eigenvalue weighted by Crippen LogP contribution is 2.32. The molecule has 28 heavy (non-hydrogen) atoms. The first-order valence-corrected chi connectivity index (χ1v) is 9.58. The van der Waals surface area contributed by atoms with Crippen LogP contribution in [0, 0.1) is 5.92 Å². The number of rotatable bonds is 7. The number of hydrogen-bond donors (Lipinski definition) is 2. The van der Waals surface area contributed by atoms with Crippen LogP contribution in [-0.4, -0.2) is 24.6 Å². The average Bonchev–Trinajstić information content (AvgIpc) is 3.17. The Bertz CT molecular complexity index is 854. The van der Waals surface area contributed by atoms with Crippen LogP contribution in [0.4, 0.5) is 0 Å². The summed E-state index contributed by atoms with van der Waals surface area (Å²) in [7, 11) is 0. The van der Waals surface area contributed by atoms with Gasteiger partial charge in [0.05, 0.1) is 0 Å². The van der Waals surface area contributed by atoms with Crippen molar-refractivity contribution in [1.29, 1.82) is 0 Å². The van der Waals surface area contributed by atoms with Crippen LogP contribution in [0.1, 0.15) is 36.2 Å². The van der Waals surface area contributed by atoms with Gasteiger partial charge in [0.1, 0.15) is 6.04 Å². The van der Waals surface area contributed by atoms with Gasteiger partial charge >= 0.3 is 0 Å². The second-order valence-electron chi connectivity index (χ2n) is 6.75. The van der Waals surface area contributed by atoms with Crippen molar-refractivity contribution in [3.8, 4) is 11.5 Å². The highest BCUT2D eigenvalue weighted by atomic mass is 35.5. The molecule has 3 rings (SSSR count). The first-order valence-electron chi connectivity index (χ1n) is 9.20. The lowest BCUT2D eigenvalue weighted by Gasteiger charge is -2.23. The Balaban J connectivity index is 1.64. The van der Waals surface area contributed by atoms with E-state index >= 15 is 0 Å². The van der Waals surface area contributed by atoms with Crippen LogP contribution in [0.15, 0.2) is 42.5 Å². The van der Waals surface area contributed by atoms with Gasteiger partial charge in [-0.1, -0.05) is 37.9 Å². The lowest BCUT2D eigenvalue weighted by atomic mass is 9.97. The van der Waals surface area contributed by atoms with E-state index in [1.807, 2.05) is 32.0 Å². The molecule has 2 aromatic carbocycles. The third kappa shape index (κ3) is 4.75. The molecule has 6 nitrogen and oxygen atoms in total. The van der Waals surface area contributed by atoms with Crippen molar-refractivity contribution < 1.29 is 19.1 Å². The van der Waals surface area contributed by atoms with E-state index in [2.05, 4.69) is 10.6 Å². The summed E-state index contributed by atoms with van der Waals surface area (Å²) in [6.07, 6.45) is 0.753. The highest BCUT2D eigenvalue weighted by molar-refractivity contribution is 6.30. The quantitative estimate of drug-likeness (QED) is 0.742. The van der Waals surface area contributed by atoms with Crippen LogP contribution in [0.2, 0.25) is 5.02 Å². The molecule has 2 atom stereocenters. The monoisotopic (exact) mass is 402 g/mol. The fraction of sp³-hybridized carbons (Fsp3) is 0.333. The number of benzene rings is 2. The third-order valence-corrected chi connectivity index (χ3v) is 5.04. The maximum Gasteiger partial charge on any atom is 0.251 e. The molecule has 0 bridgehead atoms. The number of halogens is 1. The summed E-state index contributed by atoms with van der Waals surface area (Å²) >= 11 is 5.87. The number of hydrogen-bond acceptors (Lipinski definition) is 4. The minimum atomic E-state index is -0.637. The minimum absolute atomic E-state index is 0.0204. The van der Waals surface area contributed by atoms with Crippen molar-refractivity contribution in [1.82, 2.24) is 10.6 Å². The van der Waals surface area contributed by atoms with Gasteiger partial charge in [-0.25, -0.2) is 0 Å². The Hall–Kier alpha value is -2.73. The second-order valence-corrected chi connectivity index (χ2v) is 7.19. The molecular weight excluding hydrogens is 380 g/mol.